The first kappa shape index (κ1) is 13.6. The third-order valence-corrected chi connectivity index (χ3v) is 4.50. The first-order valence-corrected chi connectivity index (χ1v) is 7.39. The molecule has 1 spiro atoms. The van der Waals surface area contributed by atoms with Crippen LogP contribution in [-0.4, -0.2) is 36.6 Å². The van der Waals surface area contributed by atoms with Crippen molar-refractivity contribution in [2.24, 2.45) is 0 Å². The van der Waals surface area contributed by atoms with Crippen molar-refractivity contribution in [2.75, 3.05) is 20.3 Å². The highest BCUT2D eigenvalue weighted by molar-refractivity contribution is 5.89. The molecule has 1 unspecified atom stereocenters. The Morgan fingerprint density at radius 3 is 2.65 bits per heavy atom. The van der Waals surface area contributed by atoms with Gasteiger partial charge in [-0.1, -0.05) is 43.2 Å². The Balaban J connectivity index is 1.88. The third kappa shape index (κ3) is 2.23. The van der Waals surface area contributed by atoms with Gasteiger partial charge in [0, 0.05) is 13.7 Å². The summed E-state index contributed by atoms with van der Waals surface area (Å²) in [4.78, 5) is 14.8. The molecule has 108 valence electrons. The van der Waals surface area contributed by atoms with Gasteiger partial charge < -0.3 is 9.64 Å². The van der Waals surface area contributed by atoms with Gasteiger partial charge >= 0.3 is 0 Å². The Morgan fingerprint density at radius 1 is 1.30 bits per heavy atom. The van der Waals surface area contributed by atoms with Crippen molar-refractivity contribution in [1.82, 2.24) is 10.2 Å². The average Bonchev–Trinajstić information content (AvgIpc) is 3.06. The Hall–Kier alpha value is -1.39. The summed E-state index contributed by atoms with van der Waals surface area (Å²) in [7, 11) is 1.68. The van der Waals surface area contributed by atoms with Gasteiger partial charge in [-0.2, -0.15) is 0 Å². The third-order valence-electron chi connectivity index (χ3n) is 4.50. The molecule has 1 atom stereocenters. The molecule has 3 rings (SSSR count). The molecule has 0 aromatic heterocycles. The van der Waals surface area contributed by atoms with Crippen molar-refractivity contribution in [3.05, 3.63) is 35.9 Å². The lowest BCUT2D eigenvalue weighted by molar-refractivity contribution is -0.133. The molecule has 1 N–H and O–H groups in total. The monoisotopic (exact) mass is 274 g/mol. The van der Waals surface area contributed by atoms with E-state index in [2.05, 4.69) is 17.4 Å². The standard InChI is InChI=1S/C16H22N2O2/c1-20-12-11-18-14(13-7-3-2-4-8-13)17-16(15(18)19)9-5-6-10-16/h2-4,7-8,14,17H,5-6,9-12H2,1H3. The van der Waals surface area contributed by atoms with Gasteiger partial charge in [0.05, 0.1) is 12.1 Å². The van der Waals surface area contributed by atoms with E-state index in [1.165, 1.54) is 0 Å². The molecular weight excluding hydrogens is 252 g/mol. The molecule has 1 aliphatic heterocycles. The minimum absolute atomic E-state index is 0.0167. The Morgan fingerprint density at radius 2 is 2.00 bits per heavy atom. The van der Waals surface area contributed by atoms with Gasteiger partial charge in [-0.25, -0.2) is 0 Å². The SMILES string of the molecule is COCCN1C(=O)C2(CCCC2)NC1c1ccccc1. The fourth-order valence-corrected chi connectivity index (χ4v) is 3.45. The van der Waals surface area contributed by atoms with E-state index in [9.17, 15) is 4.79 Å². The molecule has 1 heterocycles. The molecule has 1 saturated carbocycles. The normalized spacial score (nSPS) is 24.8. The molecule has 4 nitrogen and oxygen atoms in total. The van der Waals surface area contributed by atoms with E-state index in [4.69, 9.17) is 4.74 Å². The second-order valence-corrected chi connectivity index (χ2v) is 5.74. The van der Waals surface area contributed by atoms with E-state index in [0.29, 0.717) is 13.2 Å². The molecule has 4 heteroatoms. The van der Waals surface area contributed by atoms with Crippen molar-refractivity contribution in [3.8, 4) is 0 Å². The molecule has 0 radical (unpaired) electrons. The van der Waals surface area contributed by atoms with Crippen LogP contribution in [-0.2, 0) is 9.53 Å². The molecule has 2 aliphatic rings. The summed E-state index contributed by atoms with van der Waals surface area (Å²) in [5, 5.41) is 3.61. The molecule has 1 aromatic carbocycles. The summed E-state index contributed by atoms with van der Waals surface area (Å²) in [6.45, 7) is 1.22. The van der Waals surface area contributed by atoms with Gasteiger partial charge in [-0.15, -0.1) is 0 Å². The summed E-state index contributed by atoms with van der Waals surface area (Å²) in [5.41, 5.74) is 0.828. The predicted molar refractivity (Wildman–Crippen MR) is 77.1 cm³/mol. The molecular formula is C16H22N2O2. The first-order chi connectivity index (χ1) is 9.77. The fourth-order valence-electron chi connectivity index (χ4n) is 3.45. The van der Waals surface area contributed by atoms with Gasteiger partial charge in [0.1, 0.15) is 6.17 Å². The van der Waals surface area contributed by atoms with Gasteiger partial charge in [0.2, 0.25) is 5.91 Å². The van der Waals surface area contributed by atoms with Crippen molar-refractivity contribution in [3.63, 3.8) is 0 Å². The zero-order valence-electron chi connectivity index (χ0n) is 12.0. The highest BCUT2D eigenvalue weighted by Gasteiger charge is 2.52. The molecule has 20 heavy (non-hydrogen) atoms. The van der Waals surface area contributed by atoms with E-state index in [1.54, 1.807) is 7.11 Å². The zero-order valence-corrected chi connectivity index (χ0v) is 12.0. The van der Waals surface area contributed by atoms with Crippen LogP contribution in [0.4, 0.5) is 0 Å². The largest absolute Gasteiger partial charge is 0.383 e. The van der Waals surface area contributed by atoms with E-state index >= 15 is 0 Å². The summed E-state index contributed by atoms with van der Waals surface area (Å²) in [6.07, 6.45) is 4.17. The van der Waals surface area contributed by atoms with Crippen LogP contribution in [0.5, 0.6) is 0 Å². The highest BCUT2D eigenvalue weighted by Crippen LogP contribution is 2.40. The fraction of sp³-hybridized carbons (Fsp3) is 0.562. The molecule has 1 amide bonds. The number of nitrogens with zero attached hydrogens (tertiary/aromatic N) is 1. The number of carbonyl (C=O) groups is 1. The van der Waals surface area contributed by atoms with E-state index in [1.807, 2.05) is 23.1 Å². The van der Waals surface area contributed by atoms with E-state index < -0.39 is 0 Å². The van der Waals surface area contributed by atoms with Gasteiger partial charge in [-0.3, -0.25) is 10.1 Å². The molecule has 1 saturated heterocycles. The number of methoxy groups -OCH3 is 1. The summed E-state index contributed by atoms with van der Waals surface area (Å²) in [6, 6.07) is 10.2. The second kappa shape index (κ2) is 5.54. The molecule has 1 aliphatic carbocycles. The number of benzene rings is 1. The lowest BCUT2D eigenvalue weighted by Crippen LogP contribution is -2.44. The van der Waals surface area contributed by atoms with Crippen LogP contribution < -0.4 is 5.32 Å². The number of carbonyl (C=O) groups excluding carboxylic acids is 1. The Labute approximate surface area is 120 Å². The predicted octanol–water partition coefficient (Wildman–Crippen LogP) is 2.08. The van der Waals surface area contributed by atoms with Crippen LogP contribution in [0.1, 0.15) is 37.4 Å². The van der Waals surface area contributed by atoms with Crippen molar-refractivity contribution in [2.45, 2.75) is 37.4 Å². The number of hydrogen-bond acceptors (Lipinski definition) is 3. The van der Waals surface area contributed by atoms with E-state index in [0.717, 1.165) is 31.2 Å². The number of ether oxygens (including phenoxy) is 1. The summed E-state index contributed by atoms with van der Waals surface area (Å²) >= 11 is 0. The Bertz CT molecular complexity index is 469. The lowest BCUT2D eigenvalue weighted by atomic mass is 9.98. The number of amides is 1. The van der Waals surface area contributed by atoms with Crippen LogP contribution >= 0.6 is 0 Å². The minimum atomic E-state index is -0.325. The van der Waals surface area contributed by atoms with Crippen molar-refractivity contribution >= 4 is 5.91 Å². The summed E-state index contributed by atoms with van der Waals surface area (Å²) in [5.74, 6) is 0.251. The zero-order chi connectivity index (χ0) is 14.0. The highest BCUT2D eigenvalue weighted by atomic mass is 16.5. The lowest BCUT2D eigenvalue weighted by Gasteiger charge is -2.24. The van der Waals surface area contributed by atoms with Crippen LogP contribution in [0, 0.1) is 0 Å². The van der Waals surface area contributed by atoms with Crippen LogP contribution in [0.15, 0.2) is 30.3 Å². The van der Waals surface area contributed by atoms with Crippen LogP contribution in [0.2, 0.25) is 0 Å². The van der Waals surface area contributed by atoms with Crippen molar-refractivity contribution < 1.29 is 9.53 Å². The topological polar surface area (TPSA) is 41.6 Å². The molecule has 2 fully saturated rings. The van der Waals surface area contributed by atoms with Crippen LogP contribution in [0.3, 0.4) is 0 Å². The second-order valence-electron chi connectivity index (χ2n) is 5.74. The number of hydrogen-bond donors (Lipinski definition) is 1. The van der Waals surface area contributed by atoms with Crippen molar-refractivity contribution in [1.29, 1.82) is 0 Å². The van der Waals surface area contributed by atoms with Gasteiger partial charge in [0.25, 0.3) is 0 Å². The number of rotatable bonds is 4. The van der Waals surface area contributed by atoms with Gasteiger partial charge in [0.15, 0.2) is 0 Å². The number of nitrogens with one attached hydrogen (secondary N) is 1. The maximum Gasteiger partial charge on any atom is 0.244 e. The first-order valence-electron chi connectivity index (χ1n) is 7.39. The summed E-state index contributed by atoms with van der Waals surface area (Å²) < 4.78 is 5.17. The minimum Gasteiger partial charge on any atom is -0.383 e. The Kier molecular flexibility index (Phi) is 3.76. The van der Waals surface area contributed by atoms with Crippen LogP contribution in [0.25, 0.3) is 0 Å². The van der Waals surface area contributed by atoms with Gasteiger partial charge in [-0.05, 0) is 18.4 Å². The van der Waals surface area contributed by atoms with E-state index in [-0.39, 0.29) is 17.6 Å². The average molecular weight is 274 g/mol. The maximum absolute atomic E-state index is 12.8. The molecule has 0 bridgehead atoms. The quantitative estimate of drug-likeness (QED) is 0.914. The smallest absolute Gasteiger partial charge is 0.244 e. The maximum atomic E-state index is 12.8. The molecule has 1 aromatic rings.